The van der Waals surface area contributed by atoms with Gasteiger partial charge in [0.2, 0.25) is 5.91 Å². The molecule has 0 radical (unpaired) electrons. The predicted octanol–water partition coefficient (Wildman–Crippen LogP) is 2.10. The molecule has 7 nitrogen and oxygen atoms in total. The van der Waals surface area contributed by atoms with Gasteiger partial charge in [0.25, 0.3) is 5.56 Å². The molecule has 0 fully saturated rings. The van der Waals surface area contributed by atoms with E-state index in [4.69, 9.17) is 0 Å². The summed E-state index contributed by atoms with van der Waals surface area (Å²) in [6.45, 7) is 3.07. The van der Waals surface area contributed by atoms with Crippen LogP contribution in [0.4, 0.5) is 0 Å². The second-order valence-electron chi connectivity index (χ2n) is 5.70. The molecule has 0 unspecified atom stereocenters. The first-order chi connectivity index (χ1) is 12.6. The van der Waals surface area contributed by atoms with Gasteiger partial charge in [-0.25, -0.2) is 9.67 Å². The number of allylic oxidation sites excluding steroid dienone is 1. The molecule has 8 heteroatoms. The molecule has 0 bridgehead atoms. The molecule has 1 aromatic carbocycles. The number of benzene rings is 1. The molecular weight excluding hydrogens is 398 g/mol. The van der Waals surface area contributed by atoms with Crippen molar-refractivity contribution in [3.05, 3.63) is 69.3 Å². The third kappa shape index (κ3) is 4.08. The van der Waals surface area contributed by atoms with Crippen molar-refractivity contribution in [3.8, 4) is 0 Å². The molecule has 0 aliphatic heterocycles. The van der Waals surface area contributed by atoms with Crippen LogP contribution in [-0.2, 0) is 17.9 Å². The Kier molecular flexibility index (Phi) is 5.62. The van der Waals surface area contributed by atoms with Crippen LogP contribution in [0.5, 0.6) is 0 Å². The van der Waals surface area contributed by atoms with Crippen LogP contribution in [-0.4, -0.2) is 31.8 Å². The number of fused-ring (bicyclic) bond motifs is 1. The molecule has 1 N–H and O–H groups in total. The molecule has 1 amide bonds. The van der Waals surface area contributed by atoms with E-state index in [1.807, 2.05) is 24.3 Å². The average Bonchev–Trinajstić information content (AvgIpc) is 3.03. The standard InChI is InChI=1S/C18H18BrN5O2/c1-2-3-16(25)20-8-9-24-17-15(10-22-24)18(26)23(12-21-17)11-13-4-6-14(19)7-5-13/h2-7,10,12H,8-9,11H2,1H3,(H,20,25)/b3-2-. The molecule has 3 aromatic rings. The molecule has 3 rings (SSSR count). The van der Waals surface area contributed by atoms with Crippen molar-refractivity contribution < 1.29 is 4.79 Å². The van der Waals surface area contributed by atoms with E-state index in [-0.39, 0.29) is 11.5 Å². The Hall–Kier alpha value is -2.74. The minimum absolute atomic E-state index is 0.137. The molecule has 0 aliphatic carbocycles. The highest BCUT2D eigenvalue weighted by Gasteiger charge is 2.10. The molecule has 2 aromatic heterocycles. The molecule has 0 aliphatic rings. The summed E-state index contributed by atoms with van der Waals surface area (Å²) in [5, 5.41) is 7.43. The van der Waals surface area contributed by atoms with E-state index < -0.39 is 0 Å². The molecule has 0 atom stereocenters. The third-order valence-electron chi connectivity index (χ3n) is 3.83. The number of nitrogens with one attached hydrogen (secondary N) is 1. The van der Waals surface area contributed by atoms with Gasteiger partial charge in [0.05, 0.1) is 19.3 Å². The number of carbonyl (C=O) groups excluding carboxylic acids is 1. The number of halogens is 1. The van der Waals surface area contributed by atoms with Crippen molar-refractivity contribution in [2.75, 3.05) is 6.54 Å². The number of carbonyl (C=O) groups is 1. The number of nitrogens with zero attached hydrogens (tertiary/aromatic N) is 4. The summed E-state index contributed by atoms with van der Waals surface area (Å²) in [6, 6.07) is 7.79. The van der Waals surface area contributed by atoms with Crippen molar-refractivity contribution in [1.29, 1.82) is 0 Å². The van der Waals surface area contributed by atoms with Crippen LogP contribution in [0.2, 0.25) is 0 Å². The van der Waals surface area contributed by atoms with Gasteiger partial charge in [-0.3, -0.25) is 14.2 Å². The van der Waals surface area contributed by atoms with Crippen LogP contribution in [0, 0.1) is 0 Å². The van der Waals surface area contributed by atoms with E-state index in [0.717, 1.165) is 10.0 Å². The quantitative estimate of drug-likeness (QED) is 0.624. The zero-order valence-electron chi connectivity index (χ0n) is 14.2. The van der Waals surface area contributed by atoms with E-state index in [2.05, 4.69) is 31.3 Å². The minimum atomic E-state index is -0.159. The van der Waals surface area contributed by atoms with Crippen LogP contribution < -0.4 is 10.9 Å². The Morgan fingerprint density at radius 1 is 1.31 bits per heavy atom. The van der Waals surface area contributed by atoms with Gasteiger partial charge < -0.3 is 5.32 Å². The lowest BCUT2D eigenvalue weighted by molar-refractivity contribution is -0.116. The number of amides is 1. The maximum absolute atomic E-state index is 12.7. The first kappa shape index (κ1) is 18.1. The Bertz CT molecular complexity index is 1000. The number of rotatable bonds is 6. The highest BCUT2D eigenvalue weighted by Crippen LogP contribution is 2.11. The van der Waals surface area contributed by atoms with E-state index in [0.29, 0.717) is 30.7 Å². The Morgan fingerprint density at radius 3 is 2.81 bits per heavy atom. The van der Waals surface area contributed by atoms with Gasteiger partial charge in [-0.1, -0.05) is 34.1 Å². The van der Waals surface area contributed by atoms with Crippen LogP contribution in [0.3, 0.4) is 0 Å². The van der Waals surface area contributed by atoms with E-state index >= 15 is 0 Å². The Labute approximate surface area is 158 Å². The number of hydrogen-bond donors (Lipinski definition) is 1. The van der Waals surface area contributed by atoms with Crippen LogP contribution in [0.15, 0.2) is 58.2 Å². The molecule has 2 heterocycles. The summed E-state index contributed by atoms with van der Waals surface area (Å²) >= 11 is 3.40. The van der Waals surface area contributed by atoms with Gasteiger partial charge >= 0.3 is 0 Å². The van der Waals surface area contributed by atoms with Gasteiger partial charge in [-0.05, 0) is 30.7 Å². The molecular formula is C18H18BrN5O2. The smallest absolute Gasteiger partial charge is 0.264 e. The topological polar surface area (TPSA) is 81.8 Å². The highest BCUT2D eigenvalue weighted by molar-refractivity contribution is 9.10. The lowest BCUT2D eigenvalue weighted by Gasteiger charge is -2.07. The van der Waals surface area contributed by atoms with Crippen LogP contribution in [0.1, 0.15) is 12.5 Å². The van der Waals surface area contributed by atoms with E-state index in [1.54, 1.807) is 22.2 Å². The van der Waals surface area contributed by atoms with Gasteiger partial charge in [0.15, 0.2) is 5.65 Å². The lowest BCUT2D eigenvalue weighted by atomic mass is 10.2. The molecule has 0 saturated carbocycles. The summed E-state index contributed by atoms with van der Waals surface area (Å²) < 4.78 is 4.17. The van der Waals surface area contributed by atoms with Crippen molar-refractivity contribution in [2.45, 2.75) is 20.0 Å². The normalized spacial score (nSPS) is 11.3. The van der Waals surface area contributed by atoms with Gasteiger partial charge in [-0.2, -0.15) is 5.10 Å². The molecule has 0 spiro atoms. The van der Waals surface area contributed by atoms with Crippen LogP contribution >= 0.6 is 15.9 Å². The molecule has 134 valence electrons. The van der Waals surface area contributed by atoms with Crippen molar-refractivity contribution in [1.82, 2.24) is 24.6 Å². The fourth-order valence-corrected chi connectivity index (χ4v) is 2.82. The zero-order chi connectivity index (χ0) is 18.5. The first-order valence-electron chi connectivity index (χ1n) is 8.14. The summed E-state index contributed by atoms with van der Waals surface area (Å²) in [7, 11) is 0. The summed E-state index contributed by atoms with van der Waals surface area (Å²) in [6.07, 6.45) is 6.19. The van der Waals surface area contributed by atoms with Crippen molar-refractivity contribution in [3.63, 3.8) is 0 Å². The fourth-order valence-electron chi connectivity index (χ4n) is 2.56. The Balaban J connectivity index is 1.77. The van der Waals surface area contributed by atoms with Crippen molar-refractivity contribution >= 4 is 32.9 Å². The van der Waals surface area contributed by atoms with Crippen LogP contribution in [0.25, 0.3) is 11.0 Å². The number of hydrogen-bond acceptors (Lipinski definition) is 4. The zero-order valence-corrected chi connectivity index (χ0v) is 15.8. The average molecular weight is 416 g/mol. The minimum Gasteiger partial charge on any atom is -0.351 e. The van der Waals surface area contributed by atoms with E-state index in [1.165, 1.54) is 18.6 Å². The SMILES string of the molecule is C/C=C\C(=O)NCCn1ncc2c(=O)n(Cc3ccc(Br)cc3)cnc21. The Morgan fingerprint density at radius 2 is 2.08 bits per heavy atom. The second kappa shape index (κ2) is 8.09. The second-order valence-corrected chi connectivity index (χ2v) is 6.62. The van der Waals surface area contributed by atoms with Crippen molar-refractivity contribution in [2.24, 2.45) is 0 Å². The maximum atomic E-state index is 12.7. The summed E-state index contributed by atoms with van der Waals surface area (Å²) in [4.78, 5) is 28.5. The van der Waals surface area contributed by atoms with Gasteiger partial charge in [0, 0.05) is 11.0 Å². The third-order valence-corrected chi connectivity index (χ3v) is 4.36. The predicted molar refractivity (Wildman–Crippen MR) is 103 cm³/mol. The highest BCUT2D eigenvalue weighted by atomic mass is 79.9. The van der Waals surface area contributed by atoms with E-state index in [9.17, 15) is 9.59 Å². The first-order valence-corrected chi connectivity index (χ1v) is 8.93. The fraction of sp³-hybridized carbons (Fsp3) is 0.222. The number of aromatic nitrogens is 4. The maximum Gasteiger partial charge on any atom is 0.264 e. The summed E-state index contributed by atoms with van der Waals surface area (Å²) in [5.74, 6) is -0.159. The summed E-state index contributed by atoms with van der Waals surface area (Å²) in [5.41, 5.74) is 1.39. The lowest BCUT2D eigenvalue weighted by Crippen LogP contribution is -2.26. The van der Waals surface area contributed by atoms with Gasteiger partial charge in [0.1, 0.15) is 11.7 Å². The molecule has 0 saturated heterocycles. The molecule has 26 heavy (non-hydrogen) atoms. The van der Waals surface area contributed by atoms with Gasteiger partial charge in [-0.15, -0.1) is 0 Å². The largest absolute Gasteiger partial charge is 0.351 e. The monoisotopic (exact) mass is 415 g/mol.